The molecule has 1 aliphatic heterocycles. The highest BCUT2D eigenvalue weighted by atomic mass is 16.5. The summed E-state index contributed by atoms with van der Waals surface area (Å²) in [4.78, 5) is 12.3. The van der Waals surface area contributed by atoms with Gasteiger partial charge >= 0.3 is 0 Å². The van der Waals surface area contributed by atoms with E-state index < -0.39 is 0 Å². The predicted molar refractivity (Wildman–Crippen MR) is 91.9 cm³/mol. The molecule has 0 spiro atoms. The van der Waals surface area contributed by atoms with Crippen molar-refractivity contribution in [2.75, 3.05) is 25.6 Å². The molecule has 0 radical (unpaired) electrons. The van der Waals surface area contributed by atoms with E-state index in [9.17, 15) is 4.79 Å². The fourth-order valence-electron chi connectivity index (χ4n) is 2.57. The third-order valence-corrected chi connectivity index (χ3v) is 3.90. The van der Waals surface area contributed by atoms with Gasteiger partial charge in [0.15, 0.2) is 0 Å². The van der Waals surface area contributed by atoms with E-state index in [0.717, 1.165) is 30.9 Å². The second-order valence-corrected chi connectivity index (χ2v) is 5.66. The van der Waals surface area contributed by atoms with Crippen molar-refractivity contribution in [2.45, 2.75) is 18.9 Å². The topological polar surface area (TPSA) is 56.8 Å². The van der Waals surface area contributed by atoms with Crippen molar-refractivity contribution in [3.63, 3.8) is 0 Å². The van der Waals surface area contributed by atoms with Crippen LogP contribution in [0.1, 0.15) is 23.2 Å². The molecule has 0 aromatic heterocycles. The van der Waals surface area contributed by atoms with E-state index in [1.165, 1.54) is 0 Å². The van der Waals surface area contributed by atoms with Crippen molar-refractivity contribution < 1.29 is 19.0 Å². The van der Waals surface area contributed by atoms with Crippen LogP contribution in [0.25, 0.3) is 0 Å². The highest BCUT2D eigenvalue weighted by molar-refractivity contribution is 6.04. The average Bonchev–Trinajstić information content (AvgIpc) is 3.14. The lowest BCUT2D eigenvalue weighted by Gasteiger charge is -2.12. The van der Waals surface area contributed by atoms with E-state index in [4.69, 9.17) is 14.2 Å². The first-order chi connectivity index (χ1) is 11.7. The van der Waals surface area contributed by atoms with Crippen molar-refractivity contribution in [3.8, 4) is 11.5 Å². The Kier molecular flexibility index (Phi) is 5.33. The molecular weight excluding hydrogens is 306 g/mol. The SMILES string of the molecule is COc1ccc(C(=O)Nc2cccc(OCC3CCCO3)c2)cc1. The van der Waals surface area contributed by atoms with Gasteiger partial charge in [0.2, 0.25) is 0 Å². The zero-order valence-electron chi connectivity index (χ0n) is 13.7. The van der Waals surface area contributed by atoms with E-state index >= 15 is 0 Å². The Morgan fingerprint density at radius 3 is 2.75 bits per heavy atom. The van der Waals surface area contributed by atoms with Gasteiger partial charge in [-0.3, -0.25) is 4.79 Å². The van der Waals surface area contributed by atoms with E-state index in [-0.39, 0.29) is 12.0 Å². The van der Waals surface area contributed by atoms with Crippen LogP contribution in [0.4, 0.5) is 5.69 Å². The van der Waals surface area contributed by atoms with E-state index in [2.05, 4.69) is 5.32 Å². The van der Waals surface area contributed by atoms with E-state index in [0.29, 0.717) is 17.9 Å². The van der Waals surface area contributed by atoms with Crippen LogP contribution < -0.4 is 14.8 Å². The maximum absolute atomic E-state index is 12.3. The van der Waals surface area contributed by atoms with Gasteiger partial charge in [-0.2, -0.15) is 0 Å². The zero-order valence-corrected chi connectivity index (χ0v) is 13.7. The normalized spacial score (nSPS) is 16.6. The molecule has 0 bridgehead atoms. The molecule has 0 aliphatic carbocycles. The largest absolute Gasteiger partial charge is 0.497 e. The molecule has 126 valence electrons. The summed E-state index contributed by atoms with van der Waals surface area (Å²) in [6, 6.07) is 14.4. The van der Waals surface area contributed by atoms with Gasteiger partial charge in [0.1, 0.15) is 18.1 Å². The first kappa shape index (κ1) is 16.3. The quantitative estimate of drug-likeness (QED) is 0.882. The first-order valence-corrected chi connectivity index (χ1v) is 8.04. The fraction of sp³-hybridized carbons (Fsp3) is 0.316. The number of benzene rings is 2. The standard InChI is InChI=1S/C19H21NO4/c1-22-16-9-7-14(8-10-16)19(21)20-15-4-2-5-17(12-15)24-13-18-6-3-11-23-18/h2,4-5,7-10,12,18H,3,6,11,13H2,1H3,(H,20,21). The van der Waals surface area contributed by atoms with Crippen LogP contribution in [0.2, 0.25) is 0 Å². The summed E-state index contributed by atoms with van der Waals surface area (Å²) in [5.74, 6) is 1.27. The van der Waals surface area contributed by atoms with Crippen molar-refractivity contribution in [1.82, 2.24) is 0 Å². The molecule has 1 fully saturated rings. The van der Waals surface area contributed by atoms with Gasteiger partial charge in [0, 0.05) is 23.9 Å². The summed E-state index contributed by atoms with van der Waals surface area (Å²) in [5, 5.41) is 2.87. The number of hydrogen-bond donors (Lipinski definition) is 1. The maximum Gasteiger partial charge on any atom is 0.255 e. The summed E-state index contributed by atoms with van der Waals surface area (Å²) in [5.41, 5.74) is 1.27. The molecule has 2 aromatic rings. The molecule has 1 saturated heterocycles. The lowest BCUT2D eigenvalue weighted by atomic mass is 10.2. The van der Waals surface area contributed by atoms with Crippen molar-refractivity contribution in [2.24, 2.45) is 0 Å². The van der Waals surface area contributed by atoms with Gasteiger partial charge in [-0.1, -0.05) is 6.07 Å². The van der Waals surface area contributed by atoms with Gasteiger partial charge in [-0.05, 0) is 49.2 Å². The minimum atomic E-state index is -0.172. The van der Waals surface area contributed by atoms with Crippen molar-refractivity contribution in [3.05, 3.63) is 54.1 Å². The van der Waals surface area contributed by atoms with Gasteiger partial charge in [0.05, 0.1) is 13.2 Å². The lowest BCUT2D eigenvalue weighted by Crippen LogP contribution is -2.16. The summed E-state index contributed by atoms with van der Waals surface area (Å²) < 4.78 is 16.4. The Labute approximate surface area is 141 Å². The summed E-state index contributed by atoms with van der Waals surface area (Å²) in [7, 11) is 1.59. The minimum absolute atomic E-state index is 0.169. The van der Waals surface area contributed by atoms with Crippen LogP contribution >= 0.6 is 0 Å². The second kappa shape index (κ2) is 7.84. The number of rotatable bonds is 6. The van der Waals surface area contributed by atoms with Crippen LogP contribution in [0.15, 0.2) is 48.5 Å². The Bertz CT molecular complexity index is 678. The molecule has 1 atom stereocenters. The molecule has 24 heavy (non-hydrogen) atoms. The third-order valence-electron chi connectivity index (χ3n) is 3.90. The molecule has 5 heteroatoms. The Hall–Kier alpha value is -2.53. The summed E-state index contributed by atoms with van der Waals surface area (Å²) in [6.07, 6.45) is 2.29. The van der Waals surface area contributed by atoms with Crippen LogP contribution in [0, 0.1) is 0 Å². The number of nitrogens with one attached hydrogen (secondary N) is 1. The second-order valence-electron chi connectivity index (χ2n) is 5.66. The smallest absolute Gasteiger partial charge is 0.255 e. The van der Waals surface area contributed by atoms with Gasteiger partial charge in [0.25, 0.3) is 5.91 Å². The van der Waals surface area contributed by atoms with E-state index in [1.54, 1.807) is 31.4 Å². The minimum Gasteiger partial charge on any atom is -0.497 e. The highest BCUT2D eigenvalue weighted by Crippen LogP contribution is 2.20. The zero-order chi connectivity index (χ0) is 16.8. The number of ether oxygens (including phenoxy) is 3. The Morgan fingerprint density at radius 1 is 1.21 bits per heavy atom. The molecule has 1 amide bonds. The Morgan fingerprint density at radius 2 is 2.04 bits per heavy atom. The van der Waals surface area contributed by atoms with Crippen LogP contribution in [-0.2, 0) is 4.74 Å². The molecule has 0 saturated carbocycles. The highest BCUT2D eigenvalue weighted by Gasteiger charge is 2.16. The monoisotopic (exact) mass is 327 g/mol. The molecule has 5 nitrogen and oxygen atoms in total. The van der Waals surface area contributed by atoms with Crippen molar-refractivity contribution >= 4 is 11.6 Å². The van der Waals surface area contributed by atoms with E-state index in [1.807, 2.05) is 24.3 Å². The predicted octanol–water partition coefficient (Wildman–Crippen LogP) is 3.51. The van der Waals surface area contributed by atoms with Gasteiger partial charge < -0.3 is 19.5 Å². The lowest BCUT2D eigenvalue weighted by molar-refractivity contribution is 0.0680. The number of amides is 1. The number of carbonyl (C=O) groups is 1. The summed E-state index contributed by atoms with van der Waals surface area (Å²) >= 11 is 0. The third kappa shape index (κ3) is 4.26. The molecule has 1 aliphatic rings. The molecule has 3 rings (SSSR count). The van der Waals surface area contributed by atoms with Crippen LogP contribution in [0.5, 0.6) is 11.5 Å². The number of methoxy groups -OCH3 is 1. The first-order valence-electron chi connectivity index (χ1n) is 8.04. The fourth-order valence-corrected chi connectivity index (χ4v) is 2.57. The van der Waals surface area contributed by atoms with Crippen molar-refractivity contribution in [1.29, 1.82) is 0 Å². The average molecular weight is 327 g/mol. The summed E-state index contributed by atoms with van der Waals surface area (Å²) in [6.45, 7) is 1.35. The van der Waals surface area contributed by atoms with Crippen LogP contribution in [-0.4, -0.2) is 32.3 Å². The van der Waals surface area contributed by atoms with Crippen LogP contribution in [0.3, 0.4) is 0 Å². The van der Waals surface area contributed by atoms with Gasteiger partial charge in [-0.15, -0.1) is 0 Å². The molecule has 1 heterocycles. The number of carbonyl (C=O) groups excluding carboxylic acids is 1. The number of hydrogen-bond acceptors (Lipinski definition) is 4. The molecule has 2 aromatic carbocycles. The number of anilines is 1. The molecule has 1 unspecified atom stereocenters. The maximum atomic E-state index is 12.3. The van der Waals surface area contributed by atoms with Gasteiger partial charge in [-0.25, -0.2) is 0 Å². The molecular formula is C19H21NO4. The molecule has 1 N–H and O–H groups in total. The Balaban J connectivity index is 1.59.